The van der Waals surface area contributed by atoms with Crippen molar-refractivity contribution in [1.29, 1.82) is 0 Å². The first kappa shape index (κ1) is 19.6. The zero-order valence-electron chi connectivity index (χ0n) is 15.7. The zero-order chi connectivity index (χ0) is 21.3. The Balaban J connectivity index is 1.72. The molecule has 0 aliphatic heterocycles. The summed E-state index contributed by atoms with van der Waals surface area (Å²) in [5.41, 5.74) is 2.60. The van der Waals surface area contributed by atoms with Gasteiger partial charge in [0.1, 0.15) is 5.69 Å². The van der Waals surface area contributed by atoms with Gasteiger partial charge >= 0.3 is 6.18 Å². The van der Waals surface area contributed by atoms with Crippen LogP contribution < -0.4 is 5.32 Å². The van der Waals surface area contributed by atoms with Crippen LogP contribution in [-0.4, -0.2) is 25.8 Å². The van der Waals surface area contributed by atoms with E-state index in [1.165, 1.54) is 18.5 Å². The molecule has 0 radical (unpaired) electrons. The number of hydrogen-bond donors (Lipinski definition) is 2. The number of carbonyl (C=O) groups is 1. The molecular formula is C21H16F3N5O. The molecule has 0 bridgehead atoms. The third-order valence-electron chi connectivity index (χ3n) is 4.53. The fourth-order valence-electron chi connectivity index (χ4n) is 3.06. The highest BCUT2D eigenvalue weighted by molar-refractivity contribution is 5.92. The zero-order valence-corrected chi connectivity index (χ0v) is 15.7. The fraction of sp³-hybridized carbons (Fsp3) is 0.143. The van der Waals surface area contributed by atoms with Crippen LogP contribution in [0, 0.1) is 6.92 Å². The first-order valence-corrected chi connectivity index (χ1v) is 9.02. The molecule has 2 aromatic heterocycles. The van der Waals surface area contributed by atoms with Crippen LogP contribution in [0.4, 0.5) is 13.2 Å². The molecule has 0 spiro atoms. The molecule has 0 fully saturated rings. The quantitative estimate of drug-likeness (QED) is 0.527. The van der Waals surface area contributed by atoms with E-state index in [4.69, 9.17) is 0 Å². The molecule has 0 aliphatic carbocycles. The number of nitrogens with zero attached hydrogens (tertiary/aromatic N) is 3. The van der Waals surface area contributed by atoms with Gasteiger partial charge in [-0.3, -0.25) is 9.78 Å². The van der Waals surface area contributed by atoms with Gasteiger partial charge in [0.15, 0.2) is 0 Å². The number of aromatic nitrogens is 4. The number of nitrogens with one attached hydrogen (secondary N) is 2. The second-order valence-corrected chi connectivity index (χ2v) is 6.72. The Bertz CT molecular complexity index is 1190. The Hall–Kier alpha value is -3.75. The monoisotopic (exact) mass is 411 g/mol. The normalized spacial score (nSPS) is 12.7. The maximum atomic E-state index is 13.0. The highest BCUT2D eigenvalue weighted by atomic mass is 19.4. The number of carbonyl (C=O) groups excluding carboxylic acids is 1. The van der Waals surface area contributed by atoms with Crippen molar-refractivity contribution in [3.05, 3.63) is 89.3 Å². The van der Waals surface area contributed by atoms with Crippen molar-refractivity contribution in [1.82, 2.24) is 25.3 Å². The van der Waals surface area contributed by atoms with Crippen molar-refractivity contribution in [2.75, 3.05) is 0 Å². The minimum absolute atomic E-state index is 0.142. The molecule has 6 nitrogen and oxygen atoms in total. The number of fused-ring (bicyclic) bond motifs is 1. The molecule has 0 unspecified atom stereocenters. The number of aromatic amines is 1. The van der Waals surface area contributed by atoms with Gasteiger partial charge in [-0.15, -0.1) is 0 Å². The molecule has 30 heavy (non-hydrogen) atoms. The maximum Gasteiger partial charge on any atom is 0.449 e. The van der Waals surface area contributed by atoms with Crippen molar-refractivity contribution in [3.63, 3.8) is 0 Å². The average molecular weight is 411 g/mol. The lowest BCUT2D eigenvalue weighted by atomic mass is 9.98. The van der Waals surface area contributed by atoms with Gasteiger partial charge in [-0.25, -0.2) is 9.97 Å². The van der Waals surface area contributed by atoms with E-state index >= 15 is 0 Å². The summed E-state index contributed by atoms with van der Waals surface area (Å²) in [4.78, 5) is 26.8. The van der Waals surface area contributed by atoms with Gasteiger partial charge in [-0.05, 0) is 30.2 Å². The van der Waals surface area contributed by atoms with Crippen LogP contribution in [0.5, 0.6) is 0 Å². The van der Waals surface area contributed by atoms with Gasteiger partial charge in [0.05, 0.1) is 29.0 Å². The van der Waals surface area contributed by atoms with E-state index < -0.39 is 23.9 Å². The molecule has 1 atom stereocenters. The summed E-state index contributed by atoms with van der Waals surface area (Å²) in [5, 5.41) is 2.89. The predicted octanol–water partition coefficient (Wildman–Crippen LogP) is 4.20. The SMILES string of the molecule is Cc1cnc(C(=O)N[C@H](c2ccccc2)c2ccc3nc(C(F)(F)F)[nH]c3c2)cn1. The molecule has 152 valence electrons. The maximum absolute atomic E-state index is 13.0. The van der Waals surface area contributed by atoms with Gasteiger partial charge < -0.3 is 10.3 Å². The van der Waals surface area contributed by atoms with Crippen molar-refractivity contribution in [2.45, 2.75) is 19.1 Å². The van der Waals surface area contributed by atoms with Crippen molar-refractivity contribution < 1.29 is 18.0 Å². The van der Waals surface area contributed by atoms with E-state index in [-0.39, 0.29) is 16.7 Å². The molecule has 0 saturated carbocycles. The third-order valence-corrected chi connectivity index (χ3v) is 4.53. The number of imidazole rings is 1. The Labute approximate surface area is 169 Å². The summed E-state index contributed by atoms with van der Waals surface area (Å²) in [6.45, 7) is 1.76. The second kappa shape index (κ2) is 7.58. The topological polar surface area (TPSA) is 83.6 Å². The van der Waals surface area contributed by atoms with Crippen LogP contribution in [0.2, 0.25) is 0 Å². The molecule has 4 aromatic rings. The van der Waals surface area contributed by atoms with Gasteiger partial charge in [0, 0.05) is 6.20 Å². The Kier molecular flexibility index (Phi) is 4.94. The van der Waals surface area contributed by atoms with E-state index in [0.29, 0.717) is 11.3 Å². The van der Waals surface area contributed by atoms with Crippen LogP contribution in [0.15, 0.2) is 60.9 Å². The van der Waals surface area contributed by atoms with Crippen molar-refractivity contribution in [3.8, 4) is 0 Å². The van der Waals surface area contributed by atoms with E-state index in [1.54, 1.807) is 19.1 Å². The molecule has 2 heterocycles. The van der Waals surface area contributed by atoms with Gasteiger partial charge in [-0.1, -0.05) is 36.4 Å². The highest BCUT2D eigenvalue weighted by Crippen LogP contribution is 2.30. The predicted molar refractivity (Wildman–Crippen MR) is 104 cm³/mol. The van der Waals surface area contributed by atoms with E-state index in [9.17, 15) is 18.0 Å². The van der Waals surface area contributed by atoms with Crippen LogP contribution in [-0.2, 0) is 6.18 Å². The number of amides is 1. The van der Waals surface area contributed by atoms with Gasteiger partial charge in [-0.2, -0.15) is 13.2 Å². The van der Waals surface area contributed by atoms with Crippen molar-refractivity contribution >= 4 is 16.9 Å². The smallest absolute Gasteiger partial charge is 0.340 e. The van der Waals surface area contributed by atoms with Crippen LogP contribution >= 0.6 is 0 Å². The first-order chi connectivity index (χ1) is 14.3. The fourth-order valence-corrected chi connectivity index (χ4v) is 3.06. The number of benzene rings is 2. The summed E-state index contributed by atoms with van der Waals surface area (Å²) < 4.78 is 38.9. The standard InChI is InChI=1S/C21H16F3N5O/c1-12-10-26-17(11-25-12)19(30)29-18(13-5-3-2-4-6-13)14-7-8-15-16(9-14)28-20(27-15)21(22,23)24/h2-11,18H,1H3,(H,27,28)(H,29,30)/t18-/m1/s1. The van der Waals surface area contributed by atoms with Crippen molar-refractivity contribution in [2.24, 2.45) is 0 Å². The van der Waals surface area contributed by atoms with Gasteiger partial charge in [0.2, 0.25) is 5.82 Å². The highest BCUT2D eigenvalue weighted by Gasteiger charge is 2.34. The lowest BCUT2D eigenvalue weighted by Gasteiger charge is -2.19. The Morgan fingerprint density at radius 3 is 2.47 bits per heavy atom. The van der Waals surface area contributed by atoms with Gasteiger partial charge in [0.25, 0.3) is 5.91 Å². The molecule has 0 saturated heterocycles. The Morgan fingerprint density at radius 2 is 1.80 bits per heavy atom. The number of halogens is 3. The second-order valence-electron chi connectivity index (χ2n) is 6.72. The number of hydrogen-bond acceptors (Lipinski definition) is 4. The lowest BCUT2D eigenvalue weighted by Crippen LogP contribution is -2.30. The Morgan fingerprint density at radius 1 is 1.03 bits per heavy atom. The average Bonchev–Trinajstić information content (AvgIpc) is 3.17. The summed E-state index contributed by atoms with van der Waals surface area (Å²) in [6, 6.07) is 13.2. The van der Waals surface area contributed by atoms with E-state index in [2.05, 4.69) is 25.3 Å². The van der Waals surface area contributed by atoms with E-state index in [1.807, 2.05) is 30.3 Å². The molecular weight excluding hydrogens is 395 g/mol. The number of rotatable bonds is 4. The first-order valence-electron chi connectivity index (χ1n) is 9.02. The minimum atomic E-state index is -4.57. The van der Waals surface area contributed by atoms with Crippen LogP contribution in [0.25, 0.3) is 11.0 Å². The number of alkyl halides is 3. The molecule has 0 aliphatic rings. The van der Waals surface area contributed by atoms with Crippen LogP contribution in [0.1, 0.15) is 39.2 Å². The minimum Gasteiger partial charge on any atom is -0.340 e. The molecule has 4 rings (SSSR count). The lowest BCUT2D eigenvalue weighted by molar-refractivity contribution is -0.144. The summed E-state index contributed by atoms with van der Waals surface area (Å²) in [5.74, 6) is -1.51. The summed E-state index contributed by atoms with van der Waals surface area (Å²) >= 11 is 0. The number of H-pyrrole nitrogens is 1. The molecule has 1 amide bonds. The van der Waals surface area contributed by atoms with E-state index in [0.717, 1.165) is 5.56 Å². The summed E-state index contributed by atoms with van der Waals surface area (Å²) in [7, 11) is 0. The molecule has 2 aromatic carbocycles. The largest absolute Gasteiger partial charge is 0.449 e. The molecule has 2 N–H and O–H groups in total. The molecule has 9 heteroatoms. The summed E-state index contributed by atoms with van der Waals surface area (Å²) in [6.07, 6.45) is -1.71. The van der Waals surface area contributed by atoms with Crippen LogP contribution in [0.3, 0.4) is 0 Å². The third kappa shape index (κ3) is 4.00. The number of aryl methyl sites for hydroxylation is 1.